The van der Waals surface area contributed by atoms with Gasteiger partial charge in [-0.3, -0.25) is 20.2 Å². The molecule has 3 atom stereocenters. The summed E-state index contributed by atoms with van der Waals surface area (Å²) in [6.07, 6.45) is 1.73. The number of hydrogen-bond acceptors (Lipinski definition) is 4. The van der Waals surface area contributed by atoms with Gasteiger partial charge in [-0.05, 0) is 38.0 Å². The molecule has 21 heavy (non-hydrogen) atoms. The topological polar surface area (TPSA) is 75.5 Å². The van der Waals surface area contributed by atoms with E-state index in [1.807, 2.05) is 18.7 Å². The van der Waals surface area contributed by atoms with Crippen LogP contribution in [0, 0.1) is 10.1 Å². The second-order valence-electron chi connectivity index (χ2n) is 5.52. The predicted molar refractivity (Wildman–Crippen MR) is 79.7 cm³/mol. The number of carbonyl (C=O) groups is 1. The van der Waals surface area contributed by atoms with E-state index in [9.17, 15) is 14.9 Å². The number of amides is 1. The van der Waals surface area contributed by atoms with Crippen molar-refractivity contribution in [1.82, 2.24) is 10.2 Å². The lowest BCUT2D eigenvalue weighted by molar-refractivity contribution is -0.384. The molecule has 1 heterocycles. The summed E-state index contributed by atoms with van der Waals surface area (Å²) in [6.45, 7) is 5.98. The molecule has 1 aliphatic heterocycles. The largest absolute Gasteiger partial charge is 0.319 e. The molecule has 1 amide bonds. The third-order valence-corrected chi connectivity index (χ3v) is 3.91. The zero-order valence-electron chi connectivity index (χ0n) is 12.6. The quantitative estimate of drug-likeness (QED) is 0.668. The van der Waals surface area contributed by atoms with Crippen LogP contribution in [0.15, 0.2) is 24.3 Å². The number of carbonyl (C=O) groups excluding carboxylic acids is 1. The lowest BCUT2D eigenvalue weighted by Crippen LogP contribution is -2.38. The van der Waals surface area contributed by atoms with E-state index in [4.69, 9.17) is 0 Å². The lowest BCUT2D eigenvalue weighted by atomic mass is 10.1. The number of hydrogen-bond donors (Lipinski definition) is 1. The molecule has 114 valence electrons. The van der Waals surface area contributed by atoms with E-state index in [1.165, 1.54) is 12.1 Å². The minimum absolute atomic E-state index is 0.0595. The maximum Gasteiger partial charge on any atom is 0.269 e. The van der Waals surface area contributed by atoms with Crippen LogP contribution in [0.1, 0.15) is 45.3 Å². The van der Waals surface area contributed by atoms with Gasteiger partial charge in [0.15, 0.2) is 0 Å². The molecule has 0 aliphatic carbocycles. The lowest BCUT2D eigenvalue weighted by Gasteiger charge is -2.30. The maximum absolute atomic E-state index is 12.3. The highest BCUT2D eigenvalue weighted by Crippen LogP contribution is 2.29. The Morgan fingerprint density at radius 1 is 1.38 bits per heavy atom. The summed E-state index contributed by atoms with van der Waals surface area (Å²) in [4.78, 5) is 24.5. The molecule has 1 saturated heterocycles. The van der Waals surface area contributed by atoms with Crippen molar-refractivity contribution in [3.05, 3.63) is 39.9 Å². The highest BCUT2D eigenvalue weighted by Gasteiger charge is 2.39. The number of nitrogens with zero attached hydrogens (tertiary/aromatic N) is 2. The van der Waals surface area contributed by atoms with Crippen molar-refractivity contribution < 1.29 is 9.72 Å². The van der Waals surface area contributed by atoms with E-state index >= 15 is 0 Å². The first-order valence-corrected chi connectivity index (χ1v) is 7.28. The van der Waals surface area contributed by atoms with Crippen molar-refractivity contribution in [2.75, 3.05) is 0 Å². The third-order valence-electron chi connectivity index (χ3n) is 3.91. The van der Waals surface area contributed by atoms with Crippen LogP contribution in [0.3, 0.4) is 0 Å². The van der Waals surface area contributed by atoms with Gasteiger partial charge in [-0.15, -0.1) is 0 Å². The maximum atomic E-state index is 12.3. The van der Waals surface area contributed by atoms with Crippen molar-refractivity contribution in [2.45, 2.75) is 51.9 Å². The molecule has 1 N–H and O–H groups in total. The van der Waals surface area contributed by atoms with Crippen LogP contribution in [0.4, 0.5) is 5.69 Å². The minimum Gasteiger partial charge on any atom is -0.319 e. The third kappa shape index (κ3) is 3.05. The second-order valence-corrected chi connectivity index (χ2v) is 5.52. The smallest absolute Gasteiger partial charge is 0.269 e. The van der Waals surface area contributed by atoms with Gasteiger partial charge in [0.2, 0.25) is 5.91 Å². The molecule has 3 unspecified atom stereocenters. The van der Waals surface area contributed by atoms with E-state index in [0.29, 0.717) is 0 Å². The first-order chi connectivity index (χ1) is 9.95. The molecule has 1 aliphatic rings. The van der Waals surface area contributed by atoms with Crippen LogP contribution in [-0.2, 0) is 4.79 Å². The zero-order valence-corrected chi connectivity index (χ0v) is 12.6. The summed E-state index contributed by atoms with van der Waals surface area (Å²) in [6, 6.07) is 6.30. The van der Waals surface area contributed by atoms with Gasteiger partial charge in [0, 0.05) is 18.2 Å². The van der Waals surface area contributed by atoms with Gasteiger partial charge in [-0.2, -0.15) is 0 Å². The number of nitro groups is 1. The Kier molecular flexibility index (Phi) is 4.57. The Bertz CT molecular complexity index is 529. The number of nitro benzene ring substituents is 1. The van der Waals surface area contributed by atoms with E-state index < -0.39 is 4.92 Å². The van der Waals surface area contributed by atoms with Crippen molar-refractivity contribution in [3.63, 3.8) is 0 Å². The van der Waals surface area contributed by atoms with Gasteiger partial charge in [-0.1, -0.05) is 13.3 Å². The van der Waals surface area contributed by atoms with Crippen molar-refractivity contribution in [3.8, 4) is 0 Å². The molecule has 1 aromatic rings. The number of rotatable bonds is 5. The summed E-state index contributed by atoms with van der Waals surface area (Å²) in [7, 11) is 0. The molecule has 0 bridgehead atoms. The minimum atomic E-state index is -0.420. The summed E-state index contributed by atoms with van der Waals surface area (Å²) < 4.78 is 0. The van der Waals surface area contributed by atoms with Crippen molar-refractivity contribution in [2.24, 2.45) is 0 Å². The van der Waals surface area contributed by atoms with E-state index in [1.54, 1.807) is 12.1 Å². The molecule has 6 heteroatoms. The summed E-state index contributed by atoms with van der Waals surface area (Å²) in [5.74, 6) is 0.0827. The number of non-ortho nitro benzene ring substituents is 1. The number of nitrogens with one attached hydrogen (secondary N) is 1. The Morgan fingerprint density at radius 3 is 2.52 bits per heavy atom. The fourth-order valence-corrected chi connectivity index (χ4v) is 2.80. The first kappa shape index (κ1) is 15.4. The summed E-state index contributed by atoms with van der Waals surface area (Å²) in [5.41, 5.74) is 0.936. The van der Waals surface area contributed by atoms with Crippen LogP contribution in [-0.4, -0.2) is 27.8 Å². The monoisotopic (exact) mass is 291 g/mol. The average molecular weight is 291 g/mol. The Balaban J connectivity index is 2.27. The second kappa shape index (κ2) is 6.22. The van der Waals surface area contributed by atoms with Gasteiger partial charge in [0.25, 0.3) is 5.69 Å². The average Bonchev–Trinajstić information content (AvgIpc) is 2.75. The van der Waals surface area contributed by atoms with Crippen LogP contribution in [0.2, 0.25) is 0 Å². The van der Waals surface area contributed by atoms with Gasteiger partial charge >= 0.3 is 0 Å². The fraction of sp³-hybridized carbons (Fsp3) is 0.533. The molecule has 2 rings (SSSR count). The fourth-order valence-electron chi connectivity index (χ4n) is 2.80. The van der Waals surface area contributed by atoms with Gasteiger partial charge < -0.3 is 4.90 Å². The SMILES string of the molecule is CCCC(C)N1C(=O)C(C)NC1c1ccc([N+](=O)[O-])cc1. The van der Waals surface area contributed by atoms with Crippen molar-refractivity contribution >= 4 is 11.6 Å². The van der Waals surface area contributed by atoms with E-state index in [0.717, 1.165) is 18.4 Å². The summed E-state index contributed by atoms with van der Waals surface area (Å²) >= 11 is 0. The summed E-state index contributed by atoms with van der Waals surface area (Å²) in [5, 5.41) is 14.0. The normalized spacial score (nSPS) is 23.4. The van der Waals surface area contributed by atoms with E-state index in [-0.39, 0.29) is 29.8 Å². The Hall–Kier alpha value is -1.95. The number of benzene rings is 1. The molecule has 1 fully saturated rings. The van der Waals surface area contributed by atoms with Crippen molar-refractivity contribution in [1.29, 1.82) is 0 Å². The highest BCUT2D eigenvalue weighted by molar-refractivity contribution is 5.84. The standard InChI is InChI=1S/C15H21N3O3/c1-4-5-10(2)17-14(16-11(3)15(17)19)12-6-8-13(9-7-12)18(20)21/h6-11,14,16H,4-5H2,1-3H3. The molecule has 0 aromatic heterocycles. The molecular formula is C15H21N3O3. The van der Waals surface area contributed by atoms with Crippen LogP contribution in [0.5, 0.6) is 0 Å². The Labute approximate surface area is 124 Å². The van der Waals surface area contributed by atoms with Gasteiger partial charge in [0.1, 0.15) is 6.17 Å². The highest BCUT2D eigenvalue weighted by atomic mass is 16.6. The van der Waals surface area contributed by atoms with Crippen LogP contribution in [0.25, 0.3) is 0 Å². The molecule has 1 aromatic carbocycles. The predicted octanol–water partition coefficient (Wildman–Crippen LogP) is 2.60. The first-order valence-electron chi connectivity index (χ1n) is 7.28. The van der Waals surface area contributed by atoms with Crippen LogP contribution < -0.4 is 5.32 Å². The van der Waals surface area contributed by atoms with E-state index in [2.05, 4.69) is 12.2 Å². The molecular weight excluding hydrogens is 270 g/mol. The van der Waals surface area contributed by atoms with Gasteiger partial charge in [0.05, 0.1) is 11.0 Å². The Morgan fingerprint density at radius 2 is 2.00 bits per heavy atom. The molecule has 0 radical (unpaired) electrons. The van der Waals surface area contributed by atoms with Gasteiger partial charge in [-0.25, -0.2) is 0 Å². The molecule has 0 spiro atoms. The van der Waals surface area contributed by atoms with Crippen LogP contribution >= 0.6 is 0 Å². The molecule has 6 nitrogen and oxygen atoms in total. The molecule has 0 saturated carbocycles. The zero-order chi connectivity index (χ0) is 15.6.